The van der Waals surface area contributed by atoms with Gasteiger partial charge in [0, 0.05) is 30.2 Å². The lowest BCUT2D eigenvalue weighted by molar-refractivity contribution is 0.0958. The van der Waals surface area contributed by atoms with E-state index in [9.17, 15) is 4.79 Å². The number of carbonyl (C=O) groups is 1. The van der Waals surface area contributed by atoms with E-state index in [-0.39, 0.29) is 5.91 Å². The summed E-state index contributed by atoms with van der Waals surface area (Å²) < 4.78 is 2.08. The van der Waals surface area contributed by atoms with Gasteiger partial charge in [-0.1, -0.05) is 12.1 Å². The fraction of sp³-hybridized carbons (Fsp3) is 0.278. The first-order valence-electron chi connectivity index (χ1n) is 8.06. The highest BCUT2D eigenvalue weighted by Gasteiger charge is 2.21. The van der Waals surface area contributed by atoms with Crippen LogP contribution in [0.15, 0.2) is 36.5 Å². The van der Waals surface area contributed by atoms with E-state index in [0.717, 1.165) is 40.7 Å². The van der Waals surface area contributed by atoms with Crippen LogP contribution >= 0.6 is 0 Å². The number of nitrogens with zero attached hydrogens (tertiary/aromatic N) is 4. The SMILES string of the molecule is Cc1cc(C)n2c(CN3CCNC(=O)c4ccccc43)cnc2n1. The van der Waals surface area contributed by atoms with E-state index < -0.39 is 0 Å². The molecule has 0 aliphatic carbocycles. The van der Waals surface area contributed by atoms with Gasteiger partial charge in [0.2, 0.25) is 5.78 Å². The van der Waals surface area contributed by atoms with Gasteiger partial charge in [-0.05, 0) is 32.0 Å². The third kappa shape index (κ3) is 2.40. The Labute approximate surface area is 140 Å². The van der Waals surface area contributed by atoms with Crippen molar-refractivity contribution in [2.24, 2.45) is 0 Å². The van der Waals surface area contributed by atoms with Crippen LogP contribution in [-0.2, 0) is 6.54 Å². The minimum Gasteiger partial charge on any atom is -0.363 e. The maximum atomic E-state index is 12.2. The summed E-state index contributed by atoms with van der Waals surface area (Å²) in [4.78, 5) is 23.3. The Morgan fingerprint density at radius 3 is 2.96 bits per heavy atom. The summed E-state index contributed by atoms with van der Waals surface area (Å²) >= 11 is 0. The van der Waals surface area contributed by atoms with Crippen molar-refractivity contribution >= 4 is 17.4 Å². The number of fused-ring (bicyclic) bond motifs is 2. The number of aryl methyl sites for hydroxylation is 2. The van der Waals surface area contributed by atoms with Crippen molar-refractivity contribution in [2.45, 2.75) is 20.4 Å². The monoisotopic (exact) mass is 321 g/mol. The van der Waals surface area contributed by atoms with Crippen LogP contribution < -0.4 is 10.2 Å². The van der Waals surface area contributed by atoms with Crippen LogP contribution in [0.4, 0.5) is 5.69 Å². The molecule has 0 fully saturated rings. The topological polar surface area (TPSA) is 62.5 Å². The van der Waals surface area contributed by atoms with Crippen molar-refractivity contribution in [2.75, 3.05) is 18.0 Å². The summed E-state index contributed by atoms with van der Waals surface area (Å²) in [5.41, 5.74) is 4.82. The number of imidazole rings is 1. The summed E-state index contributed by atoms with van der Waals surface area (Å²) in [5.74, 6) is 0.708. The molecule has 0 bridgehead atoms. The van der Waals surface area contributed by atoms with Gasteiger partial charge in [-0.25, -0.2) is 9.97 Å². The molecule has 0 unspecified atom stereocenters. The van der Waals surface area contributed by atoms with Crippen LogP contribution in [-0.4, -0.2) is 33.4 Å². The second-order valence-electron chi connectivity index (χ2n) is 6.12. The molecular weight excluding hydrogens is 302 g/mol. The molecule has 1 aliphatic rings. The van der Waals surface area contributed by atoms with Crippen LogP contribution in [0, 0.1) is 13.8 Å². The summed E-state index contributed by atoms with van der Waals surface area (Å²) in [7, 11) is 0. The van der Waals surface area contributed by atoms with Gasteiger partial charge >= 0.3 is 0 Å². The first kappa shape index (κ1) is 14.7. The van der Waals surface area contributed by atoms with E-state index in [1.165, 1.54) is 0 Å². The normalized spacial score (nSPS) is 14.4. The van der Waals surface area contributed by atoms with Crippen LogP contribution in [0.5, 0.6) is 0 Å². The molecule has 1 aliphatic heterocycles. The molecular formula is C18H19N5O. The molecule has 122 valence electrons. The van der Waals surface area contributed by atoms with E-state index >= 15 is 0 Å². The number of aromatic nitrogens is 3. The number of para-hydroxylation sites is 1. The van der Waals surface area contributed by atoms with Crippen LogP contribution in [0.1, 0.15) is 27.4 Å². The minimum absolute atomic E-state index is 0.0142. The first-order chi connectivity index (χ1) is 11.6. The molecule has 2 aromatic heterocycles. The first-order valence-corrected chi connectivity index (χ1v) is 8.06. The molecule has 24 heavy (non-hydrogen) atoms. The third-order valence-corrected chi connectivity index (χ3v) is 4.37. The number of hydrogen-bond donors (Lipinski definition) is 1. The predicted octanol–water partition coefficient (Wildman–Crippen LogP) is 2.10. The van der Waals surface area contributed by atoms with Gasteiger partial charge in [0.1, 0.15) is 0 Å². The number of benzene rings is 1. The van der Waals surface area contributed by atoms with E-state index in [1.54, 1.807) is 0 Å². The summed E-state index contributed by atoms with van der Waals surface area (Å²) in [6.07, 6.45) is 1.87. The number of anilines is 1. The lowest BCUT2D eigenvalue weighted by Gasteiger charge is -2.24. The minimum atomic E-state index is -0.0142. The zero-order valence-electron chi connectivity index (χ0n) is 13.8. The lowest BCUT2D eigenvalue weighted by atomic mass is 10.1. The van der Waals surface area contributed by atoms with E-state index in [4.69, 9.17) is 0 Å². The molecule has 1 aromatic carbocycles. The van der Waals surface area contributed by atoms with Gasteiger partial charge in [0.05, 0.1) is 24.0 Å². The van der Waals surface area contributed by atoms with Gasteiger partial charge in [-0.3, -0.25) is 9.20 Å². The number of rotatable bonds is 2. The highest BCUT2D eigenvalue weighted by molar-refractivity contribution is 6.00. The van der Waals surface area contributed by atoms with E-state index in [1.807, 2.05) is 37.4 Å². The Balaban J connectivity index is 1.76. The number of hydrogen-bond acceptors (Lipinski definition) is 4. The van der Waals surface area contributed by atoms with Crippen molar-refractivity contribution in [1.82, 2.24) is 19.7 Å². The highest BCUT2D eigenvalue weighted by Crippen LogP contribution is 2.24. The van der Waals surface area contributed by atoms with Gasteiger partial charge in [0.15, 0.2) is 0 Å². The number of carbonyl (C=O) groups excluding carboxylic acids is 1. The second-order valence-corrected chi connectivity index (χ2v) is 6.12. The molecule has 3 aromatic rings. The fourth-order valence-electron chi connectivity index (χ4n) is 3.33. The number of amides is 1. The Morgan fingerprint density at radius 2 is 2.08 bits per heavy atom. The van der Waals surface area contributed by atoms with E-state index in [0.29, 0.717) is 13.1 Å². The average Bonchev–Trinajstić information content (AvgIpc) is 2.89. The predicted molar refractivity (Wildman–Crippen MR) is 92.3 cm³/mol. The maximum Gasteiger partial charge on any atom is 0.253 e. The third-order valence-electron chi connectivity index (χ3n) is 4.37. The second kappa shape index (κ2) is 5.63. The Kier molecular flexibility index (Phi) is 3.45. The molecule has 3 heterocycles. The molecule has 6 nitrogen and oxygen atoms in total. The average molecular weight is 321 g/mol. The summed E-state index contributed by atoms with van der Waals surface area (Å²) in [5, 5.41) is 2.95. The molecule has 6 heteroatoms. The molecule has 1 N–H and O–H groups in total. The van der Waals surface area contributed by atoms with Crippen LogP contribution in [0.3, 0.4) is 0 Å². The quantitative estimate of drug-likeness (QED) is 0.785. The molecule has 0 atom stereocenters. The summed E-state index contributed by atoms with van der Waals surface area (Å²) in [6, 6.07) is 9.79. The van der Waals surface area contributed by atoms with Crippen molar-refractivity contribution in [3.05, 3.63) is 59.2 Å². The Morgan fingerprint density at radius 1 is 1.25 bits per heavy atom. The molecule has 0 saturated heterocycles. The molecule has 0 radical (unpaired) electrons. The van der Waals surface area contributed by atoms with Crippen LogP contribution in [0.2, 0.25) is 0 Å². The molecule has 0 saturated carbocycles. The van der Waals surface area contributed by atoms with Crippen molar-refractivity contribution in [3.8, 4) is 0 Å². The van der Waals surface area contributed by atoms with Gasteiger partial charge in [-0.15, -0.1) is 0 Å². The van der Waals surface area contributed by atoms with Gasteiger partial charge in [0.25, 0.3) is 5.91 Å². The summed E-state index contributed by atoms with van der Waals surface area (Å²) in [6.45, 7) is 6.10. The standard InChI is InChI=1S/C18H19N5O/c1-12-9-13(2)23-14(10-20-18(23)21-12)11-22-8-7-19-17(24)15-5-3-4-6-16(15)22/h3-6,9-10H,7-8,11H2,1-2H3,(H,19,24). The molecule has 1 amide bonds. The fourth-order valence-corrected chi connectivity index (χ4v) is 3.33. The highest BCUT2D eigenvalue weighted by atomic mass is 16.1. The molecule has 4 rings (SSSR count). The Bertz CT molecular complexity index is 930. The smallest absolute Gasteiger partial charge is 0.253 e. The molecule has 0 spiro atoms. The maximum absolute atomic E-state index is 12.2. The van der Waals surface area contributed by atoms with Crippen LogP contribution in [0.25, 0.3) is 5.78 Å². The zero-order chi connectivity index (χ0) is 16.7. The Hall–Kier alpha value is -2.89. The zero-order valence-corrected chi connectivity index (χ0v) is 13.8. The van der Waals surface area contributed by atoms with Crippen molar-refractivity contribution < 1.29 is 4.79 Å². The van der Waals surface area contributed by atoms with Crippen molar-refractivity contribution in [1.29, 1.82) is 0 Å². The largest absolute Gasteiger partial charge is 0.363 e. The van der Waals surface area contributed by atoms with Gasteiger partial charge in [-0.2, -0.15) is 0 Å². The lowest BCUT2D eigenvalue weighted by Crippen LogP contribution is -2.30. The van der Waals surface area contributed by atoms with Gasteiger partial charge < -0.3 is 10.2 Å². The number of nitrogens with one attached hydrogen (secondary N) is 1. The van der Waals surface area contributed by atoms with Crippen molar-refractivity contribution in [3.63, 3.8) is 0 Å². The van der Waals surface area contributed by atoms with E-state index in [2.05, 4.69) is 37.6 Å².